The standard InChI is InChI=1S/C20H31ClN4O2S2/c1-14-12-19(29(26,27)24-20-22-8-5-9-23-20)18(13-17(14)21)28-11-10-25-15(2)6-4-7-16(25)3/h12-13,15-16H,4-11H2,1-3H3,(H2,22,23,24). The number of benzene rings is 1. The van der Waals surface area contributed by atoms with Crippen molar-refractivity contribution < 1.29 is 8.42 Å². The van der Waals surface area contributed by atoms with E-state index in [1.54, 1.807) is 23.9 Å². The largest absolute Gasteiger partial charge is 0.356 e. The molecular weight excluding hydrogens is 428 g/mol. The molecule has 2 unspecified atom stereocenters. The van der Waals surface area contributed by atoms with Crippen LogP contribution < -0.4 is 10.0 Å². The number of sulfonamides is 1. The Kier molecular flexibility index (Phi) is 7.75. The summed E-state index contributed by atoms with van der Waals surface area (Å²) in [4.78, 5) is 7.70. The molecule has 29 heavy (non-hydrogen) atoms. The molecule has 0 aliphatic carbocycles. The molecule has 0 aromatic heterocycles. The fraction of sp³-hybridized carbons (Fsp3) is 0.650. The Morgan fingerprint density at radius 1 is 1.28 bits per heavy atom. The predicted molar refractivity (Wildman–Crippen MR) is 122 cm³/mol. The Morgan fingerprint density at radius 3 is 2.66 bits per heavy atom. The first-order valence-corrected chi connectivity index (χ1v) is 13.1. The van der Waals surface area contributed by atoms with Crippen LogP contribution >= 0.6 is 23.4 Å². The van der Waals surface area contributed by atoms with Crippen LogP contribution in [0.1, 0.15) is 45.1 Å². The van der Waals surface area contributed by atoms with Gasteiger partial charge in [-0.2, -0.15) is 0 Å². The number of piperidine rings is 1. The number of hydrogen-bond donors (Lipinski definition) is 2. The molecule has 3 rings (SSSR count). The van der Waals surface area contributed by atoms with Crippen molar-refractivity contribution >= 4 is 39.3 Å². The summed E-state index contributed by atoms with van der Waals surface area (Å²) in [5, 5.41) is 3.59. The van der Waals surface area contributed by atoms with Gasteiger partial charge in [-0.1, -0.05) is 18.0 Å². The van der Waals surface area contributed by atoms with Gasteiger partial charge in [0.1, 0.15) is 4.90 Å². The molecule has 162 valence electrons. The lowest BCUT2D eigenvalue weighted by Crippen LogP contribution is -2.44. The van der Waals surface area contributed by atoms with Gasteiger partial charge in [-0.15, -0.1) is 11.8 Å². The first kappa shape index (κ1) is 22.7. The normalized spacial score (nSPS) is 23.4. The molecule has 2 aliphatic heterocycles. The first-order valence-electron chi connectivity index (χ1n) is 10.3. The lowest BCUT2D eigenvalue weighted by atomic mass is 9.98. The fourth-order valence-electron chi connectivity index (χ4n) is 3.92. The van der Waals surface area contributed by atoms with Crippen molar-refractivity contribution in [3.05, 3.63) is 22.7 Å². The molecule has 1 aromatic rings. The molecule has 0 saturated carbocycles. The molecule has 1 aromatic carbocycles. The minimum Gasteiger partial charge on any atom is -0.356 e. The van der Waals surface area contributed by atoms with Gasteiger partial charge in [0.15, 0.2) is 0 Å². The molecule has 6 nitrogen and oxygen atoms in total. The minimum atomic E-state index is -3.74. The summed E-state index contributed by atoms with van der Waals surface area (Å²) in [6.45, 7) is 8.65. The summed E-state index contributed by atoms with van der Waals surface area (Å²) in [6.07, 6.45) is 4.64. The van der Waals surface area contributed by atoms with Gasteiger partial charge in [-0.25, -0.2) is 13.1 Å². The van der Waals surface area contributed by atoms with Gasteiger partial charge in [-0.3, -0.25) is 9.89 Å². The van der Waals surface area contributed by atoms with E-state index in [1.165, 1.54) is 19.3 Å². The smallest absolute Gasteiger partial charge is 0.265 e. The van der Waals surface area contributed by atoms with Crippen LogP contribution in [0.2, 0.25) is 5.02 Å². The Bertz CT molecular complexity index is 850. The molecule has 9 heteroatoms. The number of aliphatic imine (C=N–C) groups is 1. The topological polar surface area (TPSA) is 73.8 Å². The van der Waals surface area contributed by atoms with Crippen molar-refractivity contribution in [2.45, 2.75) is 68.3 Å². The number of guanidine groups is 1. The molecule has 0 radical (unpaired) electrons. The molecule has 0 amide bonds. The average molecular weight is 459 g/mol. The SMILES string of the molecule is Cc1cc(S(=O)(=O)NC2=NCCCN2)c(SCCN2C(C)CCCC2C)cc1Cl. The van der Waals surface area contributed by atoms with E-state index in [4.69, 9.17) is 11.6 Å². The number of halogens is 1. The minimum absolute atomic E-state index is 0.263. The van der Waals surface area contributed by atoms with E-state index in [0.29, 0.717) is 34.5 Å². The molecule has 0 spiro atoms. The van der Waals surface area contributed by atoms with Gasteiger partial charge in [-0.05, 0) is 57.7 Å². The summed E-state index contributed by atoms with van der Waals surface area (Å²) in [5.74, 6) is 1.13. The zero-order chi connectivity index (χ0) is 21.0. The highest BCUT2D eigenvalue weighted by molar-refractivity contribution is 8.00. The third-order valence-electron chi connectivity index (χ3n) is 5.63. The van der Waals surface area contributed by atoms with Crippen LogP contribution in [0.15, 0.2) is 26.9 Å². The first-order chi connectivity index (χ1) is 13.8. The van der Waals surface area contributed by atoms with Crippen LogP contribution in [0.4, 0.5) is 0 Å². The van der Waals surface area contributed by atoms with Crippen LogP contribution in [0, 0.1) is 6.92 Å². The molecule has 1 saturated heterocycles. The van der Waals surface area contributed by atoms with Crippen molar-refractivity contribution in [3.63, 3.8) is 0 Å². The summed E-state index contributed by atoms with van der Waals surface area (Å²) in [6, 6.07) is 4.57. The molecule has 2 aliphatic rings. The number of hydrogen-bond acceptors (Lipinski definition) is 6. The van der Waals surface area contributed by atoms with Crippen molar-refractivity contribution in [1.29, 1.82) is 0 Å². The van der Waals surface area contributed by atoms with Gasteiger partial charge in [0, 0.05) is 47.4 Å². The average Bonchev–Trinajstić information content (AvgIpc) is 2.67. The van der Waals surface area contributed by atoms with Crippen molar-refractivity contribution in [2.75, 3.05) is 25.4 Å². The van der Waals surface area contributed by atoms with Crippen LogP contribution in [-0.2, 0) is 10.0 Å². The summed E-state index contributed by atoms with van der Waals surface area (Å²) < 4.78 is 28.7. The summed E-state index contributed by atoms with van der Waals surface area (Å²) in [7, 11) is -3.74. The summed E-state index contributed by atoms with van der Waals surface area (Å²) in [5.41, 5.74) is 0.744. The number of nitrogens with one attached hydrogen (secondary N) is 2. The number of rotatable bonds is 6. The van der Waals surface area contributed by atoms with E-state index in [0.717, 1.165) is 30.8 Å². The van der Waals surface area contributed by atoms with Gasteiger partial charge in [0.2, 0.25) is 5.96 Å². The Labute approximate surface area is 183 Å². The van der Waals surface area contributed by atoms with E-state index in [1.807, 2.05) is 6.92 Å². The Hall–Kier alpha value is -0.960. The van der Waals surface area contributed by atoms with Crippen LogP contribution in [-0.4, -0.2) is 56.7 Å². The third kappa shape index (κ3) is 5.81. The van der Waals surface area contributed by atoms with Gasteiger partial charge >= 0.3 is 0 Å². The van der Waals surface area contributed by atoms with Crippen LogP contribution in [0.3, 0.4) is 0 Å². The monoisotopic (exact) mass is 458 g/mol. The highest BCUT2D eigenvalue weighted by Crippen LogP contribution is 2.32. The maximum Gasteiger partial charge on any atom is 0.265 e. The lowest BCUT2D eigenvalue weighted by Gasteiger charge is -2.39. The molecule has 1 fully saturated rings. The maximum absolute atomic E-state index is 13.1. The second-order valence-corrected chi connectivity index (χ2v) is 11.1. The Morgan fingerprint density at radius 2 is 2.00 bits per heavy atom. The second kappa shape index (κ2) is 9.90. The zero-order valence-electron chi connectivity index (χ0n) is 17.4. The molecule has 0 bridgehead atoms. The van der Waals surface area contributed by atoms with Crippen molar-refractivity contribution in [3.8, 4) is 0 Å². The second-order valence-electron chi connectivity index (χ2n) is 7.88. The van der Waals surface area contributed by atoms with Crippen LogP contribution in [0.25, 0.3) is 0 Å². The maximum atomic E-state index is 13.1. The highest BCUT2D eigenvalue weighted by Gasteiger charge is 2.26. The number of thioether (sulfide) groups is 1. The number of likely N-dealkylation sites (tertiary alicyclic amines) is 1. The Balaban J connectivity index is 1.76. The van der Waals surface area contributed by atoms with Crippen LogP contribution in [0.5, 0.6) is 0 Å². The molecular formula is C20H31ClN4O2S2. The van der Waals surface area contributed by atoms with E-state index in [-0.39, 0.29) is 4.90 Å². The quantitative estimate of drug-likeness (QED) is 0.637. The third-order valence-corrected chi connectivity index (χ3v) is 8.58. The van der Waals surface area contributed by atoms with Crippen molar-refractivity contribution in [1.82, 2.24) is 14.9 Å². The number of aryl methyl sites for hydroxylation is 1. The van der Waals surface area contributed by atoms with Gasteiger partial charge in [0.05, 0.1) is 0 Å². The fourth-order valence-corrected chi connectivity index (χ4v) is 6.73. The van der Waals surface area contributed by atoms with Crippen molar-refractivity contribution in [2.24, 2.45) is 4.99 Å². The number of nitrogens with zero attached hydrogens (tertiary/aromatic N) is 2. The molecule has 2 N–H and O–H groups in total. The summed E-state index contributed by atoms with van der Waals surface area (Å²) >= 11 is 7.88. The zero-order valence-corrected chi connectivity index (χ0v) is 19.8. The van der Waals surface area contributed by atoms with E-state index >= 15 is 0 Å². The lowest BCUT2D eigenvalue weighted by molar-refractivity contribution is 0.112. The molecule has 2 atom stereocenters. The van der Waals surface area contributed by atoms with Gasteiger partial charge in [0.25, 0.3) is 10.0 Å². The highest BCUT2D eigenvalue weighted by atomic mass is 35.5. The van der Waals surface area contributed by atoms with E-state index < -0.39 is 10.0 Å². The van der Waals surface area contributed by atoms with E-state index in [2.05, 4.69) is 33.8 Å². The van der Waals surface area contributed by atoms with E-state index in [9.17, 15) is 8.42 Å². The van der Waals surface area contributed by atoms with Gasteiger partial charge < -0.3 is 5.32 Å². The molecule has 2 heterocycles. The predicted octanol–water partition coefficient (Wildman–Crippen LogP) is 3.63.